The fraction of sp³-hybridized carbons (Fsp3) is 0.556. The lowest BCUT2D eigenvalue weighted by Gasteiger charge is -2.24. The minimum atomic E-state index is -4.57. The number of hydrogen-bond acceptors (Lipinski definition) is 2. The Kier molecular flexibility index (Phi) is 5.01. The average Bonchev–Trinajstić information content (AvgIpc) is 3.21. The molecule has 2 amide bonds. The predicted molar refractivity (Wildman–Crippen MR) is 85.9 cm³/mol. The molecule has 0 spiro atoms. The number of rotatable bonds is 4. The standard InChI is InChI=1S/C18H21F3N2O2/c19-18(20,21)15-8-4-3-7-14(15)17(25)22-10-12-9-16(24)23(11-12)13-5-1-2-6-13/h3-4,7-8,12-13H,1-2,5-6,9-11H2,(H,22,25)/t12-/m0/s1. The molecule has 1 heterocycles. The summed E-state index contributed by atoms with van der Waals surface area (Å²) in [6.45, 7) is 0.782. The molecule has 7 heteroatoms. The highest BCUT2D eigenvalue weighted by Gasteiger charge is 2.37. The van der Waals surface area contributed by atoms with Crippen molar-refractivity contribution in [3.05, 3.63) is 35.4 Å². The molecule has 1 aliphatic heterocycles. The van der Waals surface area contributed by atoms with Crippen molar-refractivity contribution in [2.45, 2.75) is 44.3 Å². The molecule has 1 aromatic rings. The second kappa shape index (κ2) is 7.06. The number of amides is 2. The van der Waals surface area contributed by atoms with Gasteiger partial charge in [0.2, 0.25) is 5.91 Å². The van der Waals surface area contributed by atoms with Gasteiger partial charge in [-0.25, -0.2) is 0 Å². The number of hydrogen-bond donors (Lipinski definition) is 1. The molecule has 1 aromatic carbocycles. The second-order valence-electron chi connectivity index (χ2n) is 6.81. The smallest absolute Gasteiger partial charge is 0.352 e. The lowest BCUT2D eigenvalue weighted by molar-refractivity contribution is -0.138. The van der Waals surface area contributed by atoms with E-state index in [0.29, 0.717) is 19.0 Å². The van der Waals surface area contributed by atoms with Crippen LogP contribution in [0.5, 0.6) is 0 Å². The van der Waals surface area contributed by atoms with Gasteiger partial charge in [0, 0.05) is 31.5 Å². The van der Waals surface area contributed by atoms with Gasteiger partial charge in [0.05, 0.1) is 11.1 Å². The first-order chi connectivity index (χ1) is 11.9. The number of carbonyl (C=O) groups is 2. The van der Waals surface area contributed by atoms with Crippen molar-refractivity contribution in [2.24, 2.45) is 5.92 Å². The van der Waals surface area contributed by atoms with Crippen molar-refractivity contribution in [1.29, 1.82) is 0 Å². The van der Waals surface area contributed by atoms with Gasteiger partial charge in [0.15, 0.2) is 0 Å². The number of alkyl halides is 3. The first-order valence-electron chi connectivity index (χ1n) is 8.60. The summed E-state index contributed by atoms with van der Waals surface area (Å²) in [5.74, 6) is -0.711. The Morgan fingerprint density at radius 2 is 1.88 bits per heavy atom. The zero-order valence-electron chi connectivity index (χ0n) is 13.8. The van der Waals surface area contributed by atoms with Crippen molar-refractivity contribution in [3.63, 3.8) is 0 Å². The van der Waals surface area contributed by atoms with Crippen LogP contribution in [0.25, 0.3) is 0 Å². The van der Waals surface area contributed by atoms with E-state index >= 15 is 0 Å². The molecule has 3 rings (SSSR count). The van der Waals surface area contributed by atoms with E-state index in [2.05, 4.69) is 5.32 Å². The molecule has 2 fully saturated rings. The Bertz CT molecular complexity index is 654. The Hall–Kier alpha value is -2.05. The largest absolute Gasteiger partial charge is 0.417 e. The monoisotopic (exact) mass is 354 g/mol. The fourth-order valence-corrected chi connectivity index (χ4v) is 3.77. The summed E-state index contributed by atoms with van der Waals surface area (Å²) in [7, 11) is 0. The van der Waals surface area contributed by atoms with Crippen LogP contribution in [0.2, 0.25) is 0 Å². The van der Waals surface area contributed by atoms with Gasteiger partial charge in [-0.1, -0.05) is 25.0 Å². The molecule has 2 aliphatic rings. The maximum Gasteiger partial charge on any atom is 0.417 e. The van der Waals surface area contributed by atoms with Crippen LogP contribution in [-0.2, 0) is 11.0 Å². The molecule has 0 aromatic heterocycles. The molecule has 1 atom stereocenters. The molecule has 0 unspecified atom stereocenters. The summed E-state index contributed by atoms with van der Waals surface area (Å²) in [4.78, 5) is 26.2. The Labute approximate surface area is 144 Å². The first-order valence-corrected chi connectivity index (χ1v) is 8.60. The molecule has 1 saturated carbocycles. The van der Waals surface area contributed by atoms with Crippen LogP contribution in [0, 0.1) is 5.92 Å². The van der Waals surface area contributed by atoms with Crippen LogP contribution in [0.4, 0.5) is 13.2 Å². The van der Waals surface area contributed by atoms with E-state index < -0.39 is 17.6 Å². The van der Waals surface area contributed by atoms with Crippen molar-refractivity contribution >= 4 is 11.8 Å². The summed E-state index contributed by atoms with van der Waals surface area (Å²) in [5.41, 5.74) is -1.32. The Balaban J connectivity index is 1.59. The van der Waals surface area contributed by atoms with Gasteiger partial charge in [-0.05, 0) is 25.0 Å². The lowest BCUT2D eigenvalue weighted by Crippen LogP contribution is -2.36. The Morgan fingerprint density at radius 3 is 2.56 bits per heavy atom. The van der Waals surface area contributed by atoms with E-state index in [4.69, 9.17) is 0 Å². The number of nitrogens with one attached hydrogen (secondary N) is 1. The molecule has 1 N–H and O–H groups in total. The topological polar surface area (TPSA) is 49.4 Å². The second-order valence-corrected chi connectivity index (χ2v) is 6.81. The number of carbonyl (C=O) groups excluding carboxylic acids is 2. The van der Waals surface area contributed by atoms with E-state index in [1.54, 1.807) is 0 Å². The fourth-order valence-electron chi connectivity index (χ4n) is 3.77. The van der Waals surface area contributed by atoms with E-state index in [1.165, 1.54) is 18.2 Å². The predicted octanol–water partition coefficient (Wildman–Crippen LogP) is 3.23. The van der Waals surface area contributed by atoms with Gasteiger partial charge in [-0.2, -0.15) is 13.2 Å². The van der Waals surface area contributed by atoms with Crippen LogP contribution >= 0.6 is 0 Å². The summed E-state index contributed by atoms with van der Waals surface area (Å²) in [6, 6.07) is 5.03. The zero-order chi connectivity index (χ0) is 18.0. The summed E-state index contributed by atoms with van der Waals surface area (Å²) >= 11 is 0. The molecule has 1 saturated heterocycles. The number of likely N-dealkylation sites (tertiary alicyclic amines) is 1. The lowest BCUT2D eigenvalue weighted by atomic mass is 10.1. The highest BCUT2D eigenvalue weighted by atomic mass is 19.4. The minimum Gasteiger partial charge on any atom is -0.352 e. The van der Waals surface area contributed by atoms with E-state index in [0.717, 1.165) is 31.7 Å². The van der Waals surface area contributed by atoms with Gasteiger partial charge < -0.3 is 10.2 Å². The number of nitrogens with zero attached hydrogens (tertiary/aromatic N) is 1. The van der Waals surface area contributed by atoms with Crippen LogP contribution in [0.3, 0.4) is 0 Å². The number of benzene rings is 1. The third-order valence-corrected chi connectivity index (χ3v) is 5.03. The van der Waals surface area contributed by atoms with Crippen molar-refractivity contribution in [1.82, 2.24) is 10.2 Å². The van der Waals surface area contributed by atoms with Gasteiger partial charge in [-0.15, -0.1) is 0 Å². The molecule has 25 heavy (non-hydrogen) atoms. The van der Waals surface area contributed by atoms with Crippen LogP contribution in [-0.4, -0.2) is 35.8 Å². The highest BCUT2D eigenvalue weighted by molar-refractivity contribution is 5.95. The molecular formula is C18H21F3N2O2. The average molecular weight is 354 g/mol. The number of halogens is 3. The quantitative estimate of drug-likeness (QED) is 0.903. The summed E-state index contributed by atoms with van der Waals surface area (Å²) in [5, 5.41) is 2.57. The van der Waals surface area contributed by atoms with E-state index in [1.807, 2.05) is 4.90 Å². The van der Waals surface area contributed by atoms with Crippen LogP contribution < -0.4 is 5.32 Å². The third-order valence-electron chi connectivity index (χ3n) is 5.03. The van der Waals surface area contributed by atoms with Crippen LogP contribution in [0.15, 0.2) is 24.3 Å². The molecule has 0 radical (unpaired) electrons. The van der Waals surface area contributed by atoms with Gasteiger partial charge in [-0.3, -0.25) is 9.59 Å². The van der Waals surface area contributed by atoms with Gasteiger partial charge in [0.1, 0.15) is 0 Å². The van der Waals surface area contributed by atoms with Crippen LogP contribution in [0.1, 0.15) is 48.0 Å². The molecular weight excluding hydrogens is 333 g/mol. The third kappa shape index (κ3) is 3.96. The van der Waals surface area contributed by atoms with Gasteiger partial charge >= 0.3 is 6.18 Å². The summed E-state index contributed by atoms with van der Waals surface area (Å²) in [6.07, 6.45) is 0.0654. The first kappa shape index (κ1) is 17.8. The highest BCUT2D eigenvalue weighted by Crippen LogP contribution is 2.32. The SMILES string of the molecule is O=C(NC[C@@H]1CC(=O)N(C2CCCC2)C1)c1ccccc1C(F)(F)F. The molecule has 136 valence electrons. The molecule has 4 nitrogen and oxygen atoms in total. The molecule has 0 bridgehead atoms. The maximum atomic E-state index is 13.0. The van der Waals surface area contributed by atoms with Crippen molar-refractivity contribution in [3.8, 4) is 0 Å². The van der Waals surface area contributed by atoms with E-state index in [9.17, 15) is 22.8 Å². The zero-order valence-corrected chi connectivity index (χ0v) is 13.8. The molecule has 1 aliphatic carbocycles. The van der Waals surface area contributed by atoms with Crippen molar-refractivity contribution < 1.29 is 22.8 Å². The Morgan fingerprint density at radius 1 is 1.20 bits per heavy atom. The van der Waals surface area contributed by atoms with Gasteiger partial charge in [0.25, 0.3) is 5.91 Å². The van der Waals surface area contributed by atoms with E-state index in [-0.39, 0.29) is 23.9 Å². The van der Waals surface area contributed by atoms with Crippen molar-refractivity contribution in [2.75, 3.05) is 13.1 Å². The maximum absolute atomic E-state index is 13.0. The summed E-state index contributed by atoms with van der Waals surface area (Å²) < 4.78 is 39.0. The minimum absolute atomic E-state index is 0.0462. The normalized spacial score (nSPS) is 21.8.